The molecule has 3 heterocycles. The zero-order chi connectivity index (χ0) is 25.8. The highest BCUT2D eigenvalue weighted by molar-refractivity contribution is 6.19. The average molecular weight is 503 g/mol. The van der Waals surface area contributed by atoms with Crippen molar-refractivity contribution in [3.63, 3.8) is 0 Å². The van der Waals surface area contributed by atoms with Crippen molar-refractivity contribution in [1.29, 1.82) is 0 Å². The maximum Gasteiger partial charge on any atom is 0.168 e. The van der Waals surface area contributed by atoms with Crippen LogP contribution in [-0.2, 0) is 0 Å². The molecule has 8 aromatic rings. The molecular formula is C34H22N4O. The maximum absolute atomic E-state index is 5.96. The number of para-hydroxylation sites is 2. The van der Waals surface area contributed by atoms with E-state index < -0.39 is 0 Å². The third-order valence-corrected chi connectivity index (χ3v) is 7.33. The number of fused-ring (bicyclic) bond motifs is 5. The van der Waals surface area contributed by atoms with E-state index >= 15 is 0 Å². The van der Waals surface area contributed by atoms with E-state index in [4.69, 9.17) is 9.52 Å². The van der Waals surface area contributed by atoms with Gasteiger partial charge in [-0.25, -0.2) is 0 Å². The molecule has 0 saturated carbocycles. The van der Waals surface area contributed by atoms with Gasteiger partial charge in [0, 0.05) is 33.3 Å². The quantitative estimate of drug-likeness (QED) is 0.243. The Bertz CT molecular complexity index is 2120. The van der Waals surface area contributed by atoms with Crippen LogP contribution >= 0.6 is 0 Å². The number of rotatable bonds is 4. The number of hydrogen-bond donors (Lipinski definition) is 0. The predicted molar refractivity (Wildman–Crippen MR) is 156 cm³/mol. The van der Waals surface area contributed by atoms with Crippen molar-refractivity contribution in [3.8, 4) is 34.2 Å². The van der Waals surface area contributed by atoms with Crippen LogP contribution in [0.2, 0.25) is 0 Å². The van der Waals surface area contributed by atoms with Crippen LogP contribution < -0.4 is 0 Å². The van der Waals surface area contributed by atoms with Crippen molar-refractivity contribution in [2.75, 3.05) is 0 Å². The van der Waals surface area contributed by atoms with E-state index in [9.17, 15) is 0 Å². The second kappa shape index (κ2) is 8.57. The summed E-state index contributed by atoms with van der Waals surface area (Å²) < 4.78 is 10.4. The Labute approximate surface area is 224 Å². The molecule has 0 aliphatic rings. The highest BCUT2D eigenvalue weighted by atomic mass is 16.3. The van der Waals surface area contributed by atoms with Crippen molar-refractivity contribution >= 4 is 32.8 Å². The number of aromatic nitrogens is 4. The fraction of sp³-hybridized carbons (Fsp3) is 0. The summed E-state index contributed by atoms with van der Waals surface area (Å²) in [7, 11) is 0. The third kappa shape index (κ3) is 3.33. The number of furan rings is 1. The van der Waals surface area contributed by atoms with Gasteiger partial charge in [0.25, 0.3) is 0 Å². The molecule has 0 N–H and O–H groups in total. The lowest BCUT2D eigenvalue weighted by Gasteiger charge is -2.13. The molecular weight excluding hydrogens is 480 g/mol. The molecule has 0 saturated heterocycles. The summed E-state index contributed by atoms with van der Waals surface area (Å²) >= 11 is 0. The summed E-state index contributed by atoms with van der Waals surface area (Å²) in [5, 5.41) is 12.7. The molecule has 0 bridgehead atoms. The lowest BCUT2D eigenvalue weighted by molar-refractivity contribution is 0.619. The SMILES string of the molecule is c1ccc(-c2nnc(-c3cccc(-n4c5ccccc5c5c6occc6ccc54)c3)n2-c2ccccc2)cc1. The molecule has 0 fully saturated rings. The molecule has 0 atom stereocenters. The van der Waals surface area contributed by atoms with Crippen molar-refractivity contribution in [2.45, 2.75) is 0 Å². The Kier molecular flexibility index (Phi) is 4.76. The summed E-state index contributed by atoms with van der Waals surface area (Å²) in [6.45, 7) is 0. The minimum atomic E-state index is 0.788. The van der Waals surface area contributed by atoms with E-state index in [1.807, 2.05) is 42.5 Å². The smallest absolute Gasteiger partial charge is 0.168 e. The molecule has 3 aromatic heterocycles. The van der Waals surface area contributed by atoms with E-state index in [0.717, 1.165) is 66.9 Å². The Hall–Kier alpha value is -5.42. The predicted octanol–water partition coefficient (Wildman–Crippen LogP) is 8.44. The fourth-order valence-corrected chi connectivity index (χ4v) is 5.61. The summed E-state index contributed by atoms with van der Waals surface area (Å²) in [5.41, 5.74) is 7.20. The van der Waals surface area contributed by atoms with Gasteiger partial charge in [0.15, 0.2) is 11.6 Å². The second-order valence-electron chi connectivity index (χ2n) is 9.59. The Morgan fingerprint density at radius 2 is 1.21 bits per heavy atom. The monoisotopic (exact) mass is 502 g/mol. The molecule has 0 radical (unpaired) electrons. The van der Waals surface area contributed by atoms with Gasteiger partial charge in [-0.3, -0.25) is 4.57 Å². The van der Waals surface area contributed by atoms with E-state index in [1.54, 1.807) is 6.26 Å². The van der Waals surface area contributed by atoms with E-state index in [-0.39, 0.29) is 0 Å². The van der Waals surface area contributed by atoms with E-state index in [0.29, 0.717) is 0 Å². The van der Waals surface area contributed by atoms with Gasteiger partial charge in [-0.15, -0.1) is 10.2 Å². The van der Waals surface area contributed by atoms with Gasteiger partial charge in [0.1, 0.15) is 5.58 Å². The van der Waals surface area contributed by atoms with Gasteiger partial charge in [-0.2, -0.15) is 0 Å². The highest BCUT2D eigenvalue weighted by Gasteiger charge is 2.19. The van der Waals surface area contributed by atoms with Crippen LogP contribution in [0.5, 0.6) is 0 Å². The van der Waals surface area contributed by atoms with Crippen LogP contribution in [0.1, 0.15) is 0 Å². The van der Waals surface area contributed by atoms with Crippen molar-refractivity contribution in [1.82, 2.24) is 19.3 Å². The summed E-state index contributed by atoms with van der Waals surface area (Å²) in [6, 6.07) is 43.8. The number of nitrogens with zero attached hydrogens (tertiary/aromatic N) is 4. The molecule has 0 amide bonds. The fourth-order valence-electron chi connectivity index (χ4n) is 5.61. The Morgan fingerprint density at radius 1 is 0.513 bits per heavy atom. The summed E-state index contributed by atoms with van der Waals surface area (Å²) in [4.78, 5) is 0. The van der Waals surface area contributed by atoms with Crippen molar-refractivity contribution in [2.24, 2.45) is 0 Å². The lowest BCUT2D eigenvalue weighted by Crippen LogP contribution is -2.01. The average Bonchev–Trinajstić information content (AvgIpc) is 3.73. The first kappa shape index (κ1) is 21.6. The highest BCUT2D eigenvalue weighted by Crippen LogP contribution is 2.38. The van der Waals surface area contributed by atoms with Crippen LogP contribution in [0.25, 0.3) is 66.9 Å². The Balaban J connectivity index is 1.38. The zero-order valence-corrected chi connectivity index (χ0v) is 20.9. The molecule has 39 heavy (non-hydrogen) atoms. The van der Waals surface area contributed by atoms with Gasteiger partial charge in [-0.05, 0) is 48.5 Å². The van der Waals surface area contributed by atoms with Gasteiger partial charge >= 0.3 is 0 Å². The molecule has 0 aliphatic heterocycles. The zero-order valence-electron chi connectivity index (χ0n) is 20.9. The lowest BCUT2D eigenvalue weighted by atomic mass is 10.1. The van der Waals surface area contributed by atoms with Crippen molar-refractivity contribution < 1.29 is 4.42 Å². The van der Waals surface area contributed by atoms with Gasteiger partial charge in [0.05, 0.1) is 22.7 Å². The van der Waals surface area contributed by atoms with Gasteiger partial charge in [0.2, 0.25) is 0 Å². The molecule has 5 heteroatoms. The number of hydrogen-bond acceptors (Lipinski definition) is 3. The first-order valence-electron chi connectivity index (χ1n) is 12.9. The van der Waals surface area contributed by atoms with Crippen LogP contribution in [0.3, 0.4) is 0 Å². The number of benzene rings is 5. The molecule has 5 aromatic carbocycles. The minimum Gasteiger partial charge on any atom is -0.464 e. The maximum atomic E-state index is 5.96. The van der Waals surface area contributed by atoms with Gasteiger partial charge in [-0.1, -0.05) is 78.9 Å². The summed E-state index contributed by atoms with van der Waals surface area (Å²) in [6.07, 6.45) is 1.76. The molecule has 0 aliphatic carbocycles. The van der Waals surface area contributed by atoms with Crippen LogP contribution in [0, 0.1) is 0 Å². The summed E-state index contributed by atoms with van der Waals surface area (Å²) in [5.74, 6) is 1.59. The first-order chi connectivity index (χ1) is 19.4. The molecule has 5 nitrogen and oxygen atoms in total. The molecule has 0 spiro atoms. The molecule has 0 unspecified atom stereocenters. The standard InChI is InChI=1S/C34H22N4O/c1-3-10-24(11-4-1)33-35-36-34(38(33)26-13-5-2-6-14-26)25-12-9-15-27(22-25)37-29-17-8-7-16-28(29)31-30(37)19-18-23-20-21-39-32(23)31/h1-22H. The minimum absolute atomic E-state index is 0.788. The van der Waals surface area contributed by atoms with E-state index in [1.165, 1.54) is 0 Å². The normalized spacial score (nSPS) is 11.6. The third-order valence-electron chi connectivity index (χ3n) is 7.33. The Morgan fingerprint density at radius 3 is 2.05 bits per heavy atom. The second-order valence-corrected chi connectivity index (χ2v) is 9.59. The van der Waals surface area contributed by atoms with Crippen LogP contribution in [-0.4, -0.2) is 19.3 Å². The largest absolute Gasteiger partial charge is 0.464 e. The van der Waals surface area contributed by atoms with Crippen LogP contribution in [0.15, 0.2) is 138 Å². The topological polar surface area (TPSA) is 48.8 Å². The van der Waals surface area contributed by atoms with Crippen LogP contribution in [0.4, 0.5) is 0 Å². The molecule has 184 valence electrons. The van der Waals surface area contributed by atoms with Crippen molar-refractivity contribution in [3.05, 3.63) is 134 Å². The van der Waals surface area contributed by atoms with E-state index in [2.05, 4.69) is 99.2 Å². The molecule has 8 rings (SSSR count). The van der Waals surface area contributed by atoms with Gasteiger partial charge < -0.3 is 8.98 Å². The first-order valence-corrected chi connectivity index (χ1v) is 12.9.